The molecular formula is C24H34O6. The smallest absolute Gasteiger partial charge is 0.333 e. The minimum absolute atomic E-state index is 0.133. The predicted octanol–water partition coefficient (Wildman–Crippen LogP) is 3.99. The summed E-state index contributed by atoms with van der Waals surface area (Å²) in [6, 6.07) is 0. The Hall–Kier alpha value is -2.11. The topological polar surface area (TPSA) is 78.9 Å². The molecule has 1 aliphatic heterocycles. The van der Waals surface area contributed by atoms with Gasteiger partial charge in [0.2, 0.25) is 0 Å². The maximum Gasteiger partial charge on any atom is 0.333 e. The summed E-state index contributed by atoms with van der Waals surface area (Å²) >= 11 is 0. The second-order valence-corrected chi connectivity index (χ2v) is 9.77. The van der Waals surface area contributed by atoms with E-state index in [1.54, 1.807) is 33.8 Å². The molecule has 0 radical (unpaired) electrons. The molecule has 0 amide bonds. The van der Waals surface area contributed by atoms with Crippen LogP contribution in [0.1, 0.15) is 60.8 Å². The minimum Gasteiger partial charge on any atom is -0.460 e. The molecule has 3 fully saturated rings. The number of ether oxygens (including phenoxy) is 3. The SMILES string of the molecule is C=C1COC(=O)C12CC1(C)C(C)CCC(OC(=O)C(C)=CC)C1C2OC(=O)C(C)C. The number of carbonyl (C=O) groups excluding carboxylic acids is 3. The quantitative estimate of drug-likeness (QED) is 0.297. The van der Waals surface area contributed by atoms with Gasteiger partial charge in [0.05, 0.1) is 5.92 Å². The Morgan fingerprint density at radius 2 is 1.93 bits per heavy atom. The molecule has 6 atom stereocenters. The summed E-state index contributed by atoms with van der Waals surface area (Å²) in [5.74, 6) is -1.51. The fraction of sp³-hybridized carbons (Fsp3) is 0.708. The molecule has 2 saturated carbocycles. The molecule has 6 heteroatoms. The molecule has 0 aromatic heterocycles. The van der Waals surface area contributed by atoms with Gasteiger partial charge >= 0.3 is 17.9 Å². The minimum atomic E-state index is -1.08. The Morgan fingerprint density at radius 1 is 1.27 bits per heavy atom. The lowest BCUT2D eigenvalue weighted by Gasteiger charge is -2.46. The van der Waals surface area contributed by atoms with Gasteiger partial charge in [0, 0.05) is 11.5 Å². The fourth-order valence-electron chi connectivity index (χ4n) is 5.50. The van der Waals surface area contributed by atoms with E-state index < -0.39 is 17.6 Å². The molecule has 166 valence electrons. The van der Waals surface area contributed by atoms with Gasteiger partial charge in [-0.1, -0.05) is 40.3 Å². The molecule has 6 unspecified atom stereocenters. The molecule has 0 aromatic carbocycles. The summed E-state index contributed by atoms with van der Waals surface area (Å²) < 4.78 is 17.4. The van der Waals surface area contributed by atoms with Gasteiger partial charge in [-0.05, 0) is 50.0 Å². The summed E-state index contributed by atoms with van der Waals surface area (Å²) in [4.78, 5) is 38.3. The molecule has 6 nitrogen and oxygen atoms in total. The first-order valence-electron chi connectivity index (χ1n) is 10.9. The van der Waals surface area contributed by atoms with E-state index in [-0.39, 0.29) is 47.7 Å². The summed E-state index contributed by atoms with van der Waals surface area (Å²) in [7, 11) is 0. The third-order valence-corrected chi connectivity index (χ3v) is 7.74. The lowest BCUT2D eigenvalue weighted by molar-refractivity contribution is -0.176. The van der Waals surface area contributed by atoms with E-state index in [0.29, 0.717) is 24.0 Å². The zero-order valence-electron chi connectivity index (χ0n) is 18.9. The zero-order valence-corrected chi connectivity index (χ0v) is 18.9. The highest BCUT2D eigenvalue weighted by Gasteiger charge is 2.72. The van der Waals surface area contributed by atoms with Gasteiger partial charge in [0.25, 0.3) is 0 Å². The molecule has 1 saturated heterocycles. The number of allylic oxidation sites excluding steroid dienone is 1. The Kier molecular flexibility index (Phi) is 5.91. The maximum absolute atomic E-state index is 13.1. The molecule has 0 aromatic rings. The highest BCUT2D eigenvalue weighted by atomic mass is 16.6. The molecule has 2 aliphatic carbocycles. The van der Waals surface area contributed by atoms with Crippen molar-refractivity contribution in [1.29, 1.82) is 0 Å². The number of cyclic esters (lactones) is 1. The number of fused-ring (bicyclic) bond motifs is 1. The van der Waals surface area contributed by atoms with Gasteiger partial charge in [0.1, 0.15) is 24.2 Å². The van der Waals surface area contributed by atoms with E-state index in [2.05, 4.69) is 20.4 Å². The summed E-state index contributed by atoms with van der Waals surface area (Å²) in [6.07, 6.45) is 2.52. The van der Waals surface area contributed by atoms with Gasteiger partial charge < -0.3 is 14.2 Å². The van der Waals surface area contributed by atoms with E-state index in [9.17, 15) is 14.4 Å². The number of esters is 3. The van der Waals surface area contributed by atoms with Crippen molar-refractivity contribution in [1.82, 2.24) is 0 Å². The summed E-state index contributed by atoms with van der Waals surface area (Å²) in [5, 5.41) is 0. The monoisotopic (exact) mass is 418 g/mol. The highest BCUT2D eigenvalue weighted by molar-refractivity contribution is 5.88. The van der Waals surface area contributed by atoms with Crippen LogP contribution in [0.5, 0.6) is 0 Å². The molecule has 0 N–H and O–H groups in total. The standard InChI is InChI=1S/C24H34O6/c1-8-14(4)21(26)29-17-10-9-15(5)23(7)12-24(16(6)11-28-22(24)27)19(18(17)23)30-20(25)13(2)3/h8,13,15,17-19H,6,9-12H2,1-5,7H3. The van der Waals surface area contributed by atoms with Crippen LogP contribution in [-0.4, -0.2) is 36.7 Å². The molecule has 3 aliphatic rings. The second-order valence-electron chi connectivity index (χ2n) is 9.77. The van der Waals surface area contributed by atoms with E-state index >= 15 is 0 Å². The van der Waals surface area contributed by atoms with Crippen LogP contribution in [-0.2, 0) is 28.6 Å². The van der Waals surface area contributed by atoms with Crippen LogP contribution in [0.2, 0.25) is 0 Å². The second kappa shape index (κ2) is 7.86. The predicted molar refractivity (Wildman–Crippen MR) is 111 cm³/mol. The van der Waals surface area contributed by atoms with Crippen molar-refractivity contribution in [2.75, 3.05) is 6.61 Å². The average molecular weight is 419 g/mol. The first-order valence-corrected chi connectivity index (χ1v) is 10.9. The summed E-state index contributed by atoms with van der Waals surface area (Å²) in [5.41, 5.74) is -0.264. The molecule has 3 rings (SSSR count). The first-order chi connectivity index (χ1) is 14.0. The summed E-state index contributed by atoms with van der Waals surface area (Å²) in [6.45, 7) is 15.6. The van der Waals surface area contributed by atoms with Crippen molar-refractivity contribution in [2.45, 2.75) is 73.0 Å². The van der Waals surface area contributed by atoms with Crippen LogP contribution >= 0.6 is 0 Å². The van der Waals surface area contributed by atoms with Gasteiger partial charge in [-0.15, -0.1) is 0 Å². The van der Waals surface area contributed by atoms with Crippen LogP contribution in [0.25, 0.3) is 0 Å². The fourth-order valence-corrected chi connectivity index (χ4v) is 5.50. The van der Waals surface area contributed by atoms with Crippen molar-refractivity contribution in [3.05, 3.63) is 23.8 Å². The highest BCUT2D eigenvalue weighted by Crippen LogP contribution is 2.66. The van der Waals surface area contributed by atoms with Crippen molar-refractivity contribution in [3.63, 3.8) is 0 Å². The number of rotatable bonds is 4. The van der Waals surface area contributed by atoms with Crippen molar-refractivity contribution < 1.29 is 28.6 Å². The number of hydrogen-bond acceptors (Lipinski definition) is 6. The number of hydrogen-bond donors (Lipinski definition) is 0. The molecule has 0 bridgehead atoms. The van der Waals surface area contributed by atoms with Gasteiger partial charge in [-0.3, -0.25) is 9.59 Å². The molecule has 1 heterocycles. The molecular weight excluding hydrogens is 384 g/mol. The molecule has 30 heavy (non-hydrogen) atoms. The third kappa shape index (κ3) is 3.28. The van der Waals surface area contributed by atoms with Crippen molar-refractivity contribution >= 4 is 17.9 Å². The zero-order chi connectivity index (χ0) is 22.4. The van der Waals surface area contributed by atoms with E-state index in [1.165, 1.54) is 0 Å². The lowest BCUT2D eigenvalue weighted by Crippen LogP contribution is -2.50. The van der Waals surface area contributed by atoms with Crippen molar-refractivity contribution in [2.24, 2.45) is 28.6 Å². The van der Waals surface area contributed by atoms with E-state index in [1.807, 2.05) is 0 Å². The van der Waals surface area contributed by atoms with Crippen LogP contribution in [0, 0.1) is 28.6 Å². The van der Waals surface area contributed by atoms with E-state index in [0.717, 1.165) is 6.42 Å². The van der Waals surface area contributed by atoms with E-state index in [4.69, 9.17) is 14.2 Å². The maximum atomic E-state index is 13.1. The van der Waals surface area contributed by atoms with Gasteiger partial charge in [-0.25, -0.2) is 4.79 Å². The lowest BCUT2D eigenvalue weighted by atomic mass is 9.61. The van der Waals surface area contributed by atoms with Crippen LogP contribution in [0.4, 0.5) is 0 Å². The van der Waals surface area contributed by atoms with Crippen molar-refractivity contribution in [3.8, 4) is 0 Å². The Labute approximate surface area is 179 Å². The molecule has 1 spiro atoms. The van der Waals surface area contributed by atoms with Crippen LogP contribution in [0.3, 0.4) is 0 Å². The van der Waals surface area contributed by atoms with Gasteiger partial charge in [0.15, 0.2) is 0 Å². The Morgan fingerprint density at radius 3 is 2.47 bits per heavy atom. The Balaban J connectivity index is 2.08. The average Bonchev–Trinajstić information content (AvgIpc) is 3.13. The first kappa shape index (κ1) is 22.6. The third-order valence-electron chi connectivity index (χ3n) is 7.74. The van der Waals surface area contributed by atoms with Gasteiger partial charge in [-0.2, -0.15) is 0 Å². The van der Waals surface area contributed by atoms with Crippen LogP contribution < -0.4 is 0 Å². The largest absolute Gasteiger partial charge is 0.460 e. The normalized spacial score (nSPS) is 38.6. The van der Waals surface area contributed by atoms with Crippen LogP contribution in [0.15, 0.2) is 23.8 Å². The Bertz CT molecular complexity index is 778. The number of carbonyl (C=O) groups is 3.